The minimum atomic E-state index is -0.660. The lowest BCUT2D eigenvalue weighted by Crippen LogP contribution is -2.69. The van der Waals surface area contributed by atoms with Crippen LogP contribution in [0.3, 0.4) is 0 Å². The number of halogens is 1. The quantitative estimate of drug-likeness (QED) is 0.757. The van der Waals surface area contributed by atoms with Gasteiger partial charge in [-0.15, -0.1) is 0 Å². The largest absolute Gasteiger partial charge is 0.340 e. The molecule has 1 aliphatic heterocycles. The Morgan fingerprint density at radius 2 is 1.80 bits per heavy atom. The Bertz CT molecular complexity index is 549. The summed E-state index contributed by atoms with van der Waals surface area (Å²) in [5.74, 6) is -0.00615. The molecule has 0 radical (unpaired) electrons. The fourth-order valence-corrected chi connectivity index (χ4v) is 3.54. The predicted octanol–water partition coefficient (Wildman–Crippen LogP) is 2.46. The highest BCUT2D eigenvalue weighted by molar-refractivity contribution is 14.1. The van der Waals surface area contributed by atoms with Crippen molar-refractivity contribution in [2.45, 2.75) is 44.2 Å². The number of hydrogen-bond donors (Lipinski definition) is 1. The van der Waals surface area contributed by atoms with Gasteiger partial charge in [0.1, 0.15) is 11.6 Å². The van der Waals surface area contributed by atoms with Crippen molar-refractivity contribution in [3.05, 3.63) is 27.8 Å². The SMILES string of the molecule is CC1C(=O)NC2(CCCC2)C(=O)N1c1ccc(I)cc1. The highest BCUT2D eigenvalue weighted by atomic mass is 127. The van der Waals surface area contributed by atoms with Crippen LogP contribution in [-0.4, -0.2) is 23.4 Å². The van der Waals surface area contributed by atoms with Crippen molar-refractivity contribution in [2.75, 3.05) is 4.90 Å². The Hall–Kier alpha value is -1.11. The summed E-state index contributed by atoms with van der Waals surface area (Å²) in [5, 5.41) is 2.97. The van der Waals surface area contributed by atoms with Crippen molar-refractivity contribution >= 4 is 40.1 Å². The van der Waals surface area contributed by atoms with E-state index in [1.807, 2.05) is 24.3 Å². The van der Waals surface area contributed by atoms with Gasteiger partial charge in [0.15, 0.2) is 0 Å². The fourth-order valence-electron chi connectivity index (χ4n) is 3.18. The molecule has 0 aromatic heterocycles. The van der Waals surface area contributed by atoms with Crippen LogP contribution in [0.4, 0.5) is 5.69 Å². The van der Waals surface area contributed by atoms with Crippen molar-refractivity contribution in [3.63, 3.8) is 0 Å². The molecule has 1 aliphatic carbocycles. The molecule has 106 valence electrons. The van der Waals surface area contributed by atoms with Crippen LogP contribution in [0.1, 0.15) is 32.6 Å². The number of hydrogen-bond acceptors (Lipinski definition) is 2. The zero-order valence-corrected chi connectivity index (χ0v) is 13.5. The molecular weight excluding hydrogens is 367 g/mol. The fraction of sp³-hybridized carbons (Fsp3) is 0.467. The summed E-state index contributed by atoms with van der Waals surface area (Å²) in [6, 6.07) is 7.30. The lowest BCUT2D eigenvalue weighted by molar-refractivity contribution is -0.137. The Morgan fingerprint density at radius 1 is 1.20 bits per heavy atom. The molecule has 2 aliphatic rings. The van der Waals surface area contributed by atoms with Gasteiger partial charge in [0.2, 0.25) is 5.91 Å². The third kappa shape index (κ3) is 2.12. The number of piperazine rings is 1. The summed E-state index contributed by atoms with van der Waals surface area (Å²) in [6.07, 6.45) is 3.51. The highest BCUT2D eigenvalue weighted by Gasteiger charge is 2.51. The maximum atomic E-state index is 12.9. The molecule has 5 heteroatoms. The van der Waals surface area contributed by atoms with Gasteiger partial charge in [-0.25, -0.2) is 0 Å². The molecule has 1 saturated carbocycles. The van der Waals surface area contributed by atoms with Gasteiger partial charge >= 0.3 is 0 Å². The highest BCUT2D eigenvalue weighted by Crippen LogP contribution is 2.36. The smallest absolute Gasteiger partial charge is 0.253 e. The second-order valence-corrected chi connectivity index (χ2v) is 6.85. The first-order valence-corrected chi connectivity index (χ1v) is 8.03. The van der Waals surface area contributed by atoms with Gasteiger partial charge in [0.05, 0.1) is 0 Å². The minimum absolute atomic E-state index is 0.0447. The van der Waals surface area contributed by atoms with E-state index in [1.54, 1.807) is 11.8 Å². The number of nitrogens with zero attached hydrogens (tertiary/aromatic N) is 1. The van der Waals surface area contributed by atoms with E-state index >= 15 is 0 Å². The van der Waals surface area contributed by atoms with Crippen LogP contribution in [0.15, 0.2) is 24.3 Å². The Kier molecular flexibility index (Phi) is 3.48. The minimum Gasteiger partial charge on any atom is -0.340 e. The predicted molar refractivity (Wildman–Crippen MR) is 85.4 cm³/mol. The molecule has 0 bridgehead atoms. The Morgan fingerprint density at radius 3 is 2.40 bits per heavy atom. The summed E-state index contributed by atoms with van der Waals surface area (Å²) in [4.78, 5) is 26.8. The van der Waals surface area contributed by atoms with Gasteiger partial charge in [-0.3, -0.25) is 14.5 Å². The number of rotatable bonds is 1. The van der Waals surface area contributed by atoms with Gasteiger partial charge in [0, 0.05) is 9.26 Å². The number of carbonyl (C=O) groups excluding carboxylic acids is 2. The lowest BCUT2D eigenvalue weighted by atomic mass is 9.90. The number of amides is 2. The van der Waals surface area contributed by atoms with Crippen LogP contribution in [-0.2, 0) is 9.59 Å². The molecule has 1 aromatic carbocycles. The molecule has 1 heterocycles. The molecule has 1 unspecified atom stereocenters. The maximum Gasteiger partial charge on any atom is 0.253 e. The molecule has 2 fully saturated rings. The van der Waals surface area contributed by atoms with Crippen LogP contribution >= 0.6 is 22.6 Å². The summed E-state index contributed by atoms with van der Waals surface area (Å²) in [5.41, 5.74) is 0.149. The van der Waals surface area contributed by atoms with Crippen molar-refractivity contribution in [1.82, 2.24) is 5.32 Å². The topological polar surface area (TPSA) is 49.4 Å². The van der Waals surface area contributed by atoms with Crippen LogP contribution in [0.5, 0.6) is 0 Å². The molecule has 1 atom stereocenters. The van der Waals surface area contributed by atoms with Gasteiger partial charge in [-0.1, -0.05) is 12.8 Å². The van der Waals surface area contributed by atoms with E-state index in [1.165, 1.54) is 0 Å². The normalized spacial score (nSPS) is 25.1. The molecule has 1 aromatic rings. The zero-order chi connectivity index (χ0) is 14.3. The van der Waals surface area contributed by atoms with E-state index in [2.05, 4.69) is 27.9 Å². The van der Waals surface area contributed by atoms with Gasteiger partial charge < -0.3 is 5.32 Å². The van der Waals surface area contributed by atoms with Crippen LogP contribution in [0.2, 0.25) is 0 Å². The van der Waals surface area contributed by atoms with E-state index in [0.29, 0.717) is 0 Å². The standard InChI is InChI=1S/C15H17IN2O2/c1-10-13(19)17-15(8-2-3-9-15)14(20)18(10)12-6-4-11(16)5-7-12/h4-7,10H,2-3,8-9H2,1H3,(H,17,19). The summed E-state index contributed by atoms with van der Waals surface area (Å²) < 4.78 is 1.11. The van der Waals surface area contributed by atoms with E-state index < -0.39 is 11.6 Å². The summed E-state index contributed by atoms with van der Waals surface area (Å²) in [7, 11) is 0. The average molecular weight is 384 g/mol. The van der Waals surface area contributed by atoms with E-state index in [0.717, 1.165) is 34.9 Å². The second-order valence-electron chi connectivity index (χ2n) is 5.61. The number of benzene rings is 1. The Balaban J connectivity index is 2.00. The zero-order valence-electron chi connectivity index (χ0n) is 11.4. The van der Waals surface area contributed by atoms with Crippen molar-refractivity contribution < 1.29 is 9.59 Å². The number of carbonyl (C=O) groups is 2. The van der Waals surface area contributed by atoms with Crippen LogP contribution < -0.4 is 10.2 Å². The molecule has 1 saturated heterocycles. The van der Waals surface area contributed by atoms with Crippen LogP contribution in [0, 0.1) is 3.57 Å². The molecular formula is C15H17IN2O2. The first-order chi connectivity index (χ1) is 9.53. The van der Waals surface area contributed by atoms with Crippen molar-refractivity contribution in [1.29, 1.82) is 0 Å². The molecule has 3 rings (SSSR count). The van der Waals surface area contributed by atoms with Crippen molar-refractivity contribution in [3.8, 4) is 0 Å². The third-order valence-electron chi connectivity index (χ3n) is 4.32. The van der Waals surface area contributed by atoms with E-state index in [4.69, 9.17) is 0 Å². The van der Waals surface area contributed by atoms with Gasteiger partial charge in [-0.05, 0) is 66.6 Å². The third-order valence-corrected chi connectivity index (χ3v) is 5.04. The first kappa shape index (κ1) is 13.9. The van der Waals surface area contributed by atoms with Crippen LogP contribution in [0.25, 0.3) is 0 Å². The average Bonchev–Trinajstić information content (AvgIpc) is 2.89. The summed E-state index contributed by atoms with van der Waals surface area (Å²) in [6.45, 7) is 1.78. The van der Waals surface area contributed by atoms with E-state index in [-0.39, 0.29) is 11.8 Å². The van der Waals surface area contributed by atoms with E-state index in [9.17, 15) is 9.59 Å². The number of anilines is 1. The summed E-state index contributed by atoms with van der Waals surface area (Å²) >= 11 is 2.23. The first-order valence-electron chi connectivity index (χ1n) is 6.95. The van der Waals surface area contributed by atoms with Gasteiger partial charge in [0.25, 0.3) is 5.91 Å². The molecule has 20 heavy (non-hydrogen) atoms. The monoisotopic (exact) mass is 384 g/mol. The lowest BCUT2D eigenvalue weighted by Gasteiger charge is -2.43. The maximum absolute atomic E-state index is 12.9. The van der Waals surface area contributed by atoms with Gasteiger partial charge in [-0.2, -0.15) is 0 Å². The Labute approximate surface area is 132 Å². The molecule has 1 spiro atoms. The number of nitrogens with one attached hydrogen (secondary N) is 1. The molecule has 4 nitrogen and oxygen atoms in total. The molecule has 2 amide bonds. The molecule has 1 N–H and O–H groups in total. The van der Waals surface area contributed by atoms with Crippen molar-refractivity contribution in [2.24, 2.45) is 0 Å². The second kappa shape index (κ2) is 5.02.